The van der Waals surface area contributed by atoms with E-state index in [0.717, 1.165) is 96.3 Å². The average Bonchev–Trinajstić information content (AvgIpc) is 3.58. The van der Waals surface area contributed by atoms with Gasteiger partial charge in [0.05, 0.1) is 13.2 Å². The molecular formula is C79H140NO8P. The number of ether oxygens (including phenoxy) is 2. The lowest BCUT2D eigenvalue weighted by atomic mass is 10.0. The Balaban J connectivity index is 3.87. The van der Waals surface area contributed by atoms with Crippen LogP contribution in [0.1, 0.15) is 348 Å². The zero-order valence-corrected chi connectivity index (χ0v) is 58.8. The Morgan fingerprint density at radius 1 is 0.348 bits per heavy atom. The summed E-state index contributed by atoms with van der Waals surface area (Å²) in [7, 11) is -4.40. The van der Waals surface area contributed by atoms with Gasteiger partial charge in [-0.3, -0.25) is 18.6 Å². The number of esters is 2. The number of unbranched alkanes of at least 4 members (excludes halogenated alkanes) is 39. The maximum atomic E-state index is 12.8. The van der Waals surface area contributed by atoms with E-state index < -0.39 is 26.5 Å². The summed E-state index contributed by atoms with van der Waals surface area (Å²) < 4.78 is 33.2. The van der Waals surface area contributed by atoms with Crippen molar-refractivity contribution in [3.05, 3.63) is 109 Å². The van der Waals surface area contributed by atoms with E-state index in [4.69, 9.17) is 24.3 Å². The maximum Gasteiger partial charge on any atom is 0.472 e. The number of hydrogen-bond donors (Lipinski definition) is 2. The summed E-state index contributed by atoms with van der Waals surface area (Å²) in [4.78, 5) is 35.4. The fourth-order valence-electron chi connectivity index (χ4n) is 10.7. The number of nitrogens with two attached hydrogens (primary N) is 1. The predicted octanol–water partition coefficient (Wildman–Crippen LogP) is 24.9. The first-order valence-electron chi connectivity index (χ1n) is 37.4. The summed E-state index contributed by atoms with van der Waals surface area (Å²) in [6.45, 7) is 3.66. The first-order valence-corrected chi connectivity index (χ1v) is 38.9. The Morgan fingerprint density at radius 3 is 0.933 bits per heavy atom. The minimum Gasteiger partial charge on any atom is -0.462 e. The topological polar surface area (TPSA) is 134 Å². The monoisotopic (exact) mass is 1260 g/mol. The smallest absolute Gasteiger partial charge is 0.462 e. The van der Waals surface area contributed by atoms with E-state index in [2.05, 4.69) is 123 Å². The quantitative estimate of drug-likeness (QED) is 0.0264. The molecule has 0 spiro atoms. The third kappa shape index (κ3) is 73.6. The van der Waals surface area contributed by atoms with E-state index in [1.807, 2.05) is 0 Å². The molecule has 89 heavy (non-hydrogen) atoms. The number of carbonyl (C=O) groups excluding carboxylic acids is 2. The Morgan fingerprint density at radius 2 is 0.618 bits per heavy atom. The largest absolute Gasteiger partial charge is 0.472 e. The van der Waals surface area contributed by atoms with E-state index in [1.165, 1.54) is 218 Å². The van der Waals surface area contributed by atoms with E-state index >= 15 is 0 Å². The van der Waals surface area contributed by atoms with E-state index in [1.54, 1.807) is 0 Å². The summed E-state index contributed by atoms with van der Waals surface area (Å²) in [6.07, 6.45) is 102. The van der Waals surface area contributed by atoms with Crippen molar-refractivity contribution in [1.82, 2.24) is 0 Å². The standard InChI is InChI=1S/C79H140NO8P/c1-3-5-7-9-11-13-15-17-19-21-23-25-27-29-31-33-35-37-38-40-41-43-45-47-49-51-53-55-57-59-61-63-65-67-69-71-78(81)85-75-77(76-87-89(83,84)86-74-73-80)88-79(82)72-70-68-66-64-62-60-58-56-54-52-50-48-46-44-42-39-36-34-32-30-28-26-24-22-20-18-16-14-12-10-8-6-4-2/h6,8,12,14,18,20-21,23-24,26,30,32,36,39,44,46,50,52,77H,3-5,7,9-11,13,15-17,19,22,25,27-29,31,33-35,37-38,40-43,45,47-49,51,53-76,80H2,1-2H3,(H,83,84)/b8-6-,14-12-,20-18-,23-21-,26-24-,32-30-,39-36-,46-44-,52-50-. The second-order valence-electron chi connectivity index (χ2n) is 24.8. The molecule has 2 unspecified atom stereocenters. The molecule has 0 aliphatic rings. The molecule has 9 nitrogen and oxygen atoms in total. The molecule has 514 valence electrons. The first kappa shape index (κ1) is 85.7. The van der Waals surface area contributed by atoms with Gasteiger partial charge in [-0.15, -0.1) is 0 Å². The molecule has 0 aromatic carbocycles. The van der Waals surface area contributed by atoms with Gasteiger partial charge < -0.3 is 20.1 Å². The van der Waals surface area contributed by atoms with Crippen LogP contribution in [0.25, 0.3) is 0 Å². The van der Waals surface area contributed by atoms with Crippen LogP contribution >= 0.6 is 7.82 Å². The first-order chi connectivity index (χ1) is 43.8. The van der Waals surface area contributed by atoms with Crippen LogP contribution in [-0.4, -0.2) is 49.3 Å². The molecule has 0 saturated carbocycles. The van der Waals surface area contributed by atoms with Crippen LogP contribution in [0.2, 0.25) is 0 Å². The predicted molar refractivity (Wildman–Crippen MR) is 385 cm³/mol. The fourth-order valence-corrected chi connectivity index (χ4v) is 11.4. The lowest BCUT2D eigenvalue weighted by Crippen LogP contribution is -2.29. The number of hydrogen-bond acceptors (Lipinski definition) is 8. The summed E-state index contributed by atoms with van der Waals surface area (Å²) >= 11 is 0. The van der Waals surface area contributed by atoms with E-state index in [9.17, 15) is 19.0 Å². The highest BCUT2D eigenvalue weighted by Crippen LogP contribution is 2.43. The number of carbonyl (C=O) groups is 2. The van der Waals surface area contributed by atoms with Gasteiger partial charge in [-0.2, -0.15) is 0 Å². The minimum absolute atomic E-state index is 0.0485. The molecule has 0 aromatic rings. The molecule has 3 N–H and O–H groups in total. The Kier molecular flexibility index (Phi) is 71.0. The van der Waals surface area contributed by atoms with Crippen molar-refractivity contribution in [3.8, 4) is 0 Å². The Labute approximate surface area is 549 Å². The van der Waals surface area contributed by atoms with Gasteiger partial charge in [-0.05, 0) is 103 Å². The van der Waals surface area contributed by atoms with Crippen LogP contribution in [0.4, 0.5) is 0 Å². The number of rotatable bonds is 70. The summed E-state index contributed by atoms with van der Waals surface area (Å²) in [5.74, 6) is -0.829. The van der Waals surface area contributed by atoms with Crippen molar-refractivity contribution in [2.45, 2.75) is 354 Å². The zero-order valence-electron chi connectivity index (χ0n) is 57.9. The lowest BCUT2D eigenvalue weighted by Gasteiger charge is -2.19. The van der Waals surface area contributed by atoms with Gasteiger partial charge in [-0.1, -0.05) is 342 Å². The van der Waals surface area contributed by atoms with Crippen molar-refractivity contribution in [2.75, 3.05) is 26.4 Å². The third-order valence-corrected chi connectivity index (χ3v) is 17.1. The van der Waals surface area contributed by atoms with Crippen molar-refractivity contribution in [3.63, 3.8) is 0 Å². The van der Waals surface area contributed by atoms with Crippen molar-refractivity contribution in [1.29, 1.82) is 0 Å². The van der Waals surface area contributed by atoms with Crippen LogP contribution in [0.15, 0.2) is 109 Å². The van der Waals surface area contributed by atoms with Crippen LogP contribution in [0.3, 0.4) is 0 Å². The summed E-state index contributed by atoms with van der Waals surface area (Å²) in [6, 6.07) is 0. The zero-order chi connectivity index (χ0) is 64.4. The van der Waals surface area contributed by atoms with E-state index in [0.29, 0.717) is 6.42 Å². The molecule has 10 heteroatoms. The minimum atomic E-state index is -4.40. The molecule has 0 amide bonds. The summed E-state index contributed by atoms with van der Waals surface area (Å²) in [5.41, 5.74) is 5.41. The second kappa shape index (κ2) is 73.7. The maximum absolute atomic E-state index is 12.8. The molecule has 0 heterocycles. The second-order valence-corrected chi connectivity index (χ2v) is 26.2. The van der Waals surface area contributed by atoms with Gasteiger partial charge in [-0.25, -0.2) is 4.57 Å². The highest BCUT2D eigenvalue weighted by molar-refractivity contribution is 7.47. The van der Waals surface area contributed by atoms with Gasteiger partial charge in [0.15, 0.2) is 6.10 Å². The lowest BCUT2D eigenvalue weighted by molar-refractivity contribution is -0.161. The highest BCUT2D eigenvalue weighted by Gasteiger charge is 2.26. The number of phosphoric acid groups is 1. The van der Waals surface area contributed by atoms with Crippen LogP contribution in [0, 0.1) is 0 Å². The number of phosphoric ester groups is 1. The van der Waals surface area contributed by atoms with Gasteiger partial charge in [0.2, 0.25) is 0 Å². The van der Waals surface area contributed by atoms with Crippen LogP contribution in [-0.2, 0) is 32.7 Å². The molecule has 0 fully saturated rings. The SMILES string of the molecule is CC/C=C\C/C=C\C/C=C\C/C=C\C/C=C\C/C=C\C/C=C\C/C=C\CCCCCCCCCCC(=O)OC(COC(=O)CCCCCCCCCCCCCCCCCCCCCCCCC/C=C\CCCCCCCCCC)COP(=O)(O)OCCN. The van der Waals surface area contributed by atoms with Crippen LogP contribution < -0.4 is 5.73 Å². The molecular weight excluding hydrogens is 1120 g/mol. The molecule has 0 bridgehead atoms. The Bertz CT molecular complexity index is 1830. The number of allylic oxidation sites excluding steroid dienone is 18. The molecule has 0 saturated heterocycles. The molecule has 0 aromatic heterocycles. The van der Waals surface area contributed by atoms with Crippen molar-refractivity contribution < 1.29 is 37.6 Å². The normalized spacial score (nSPS) is 13.5. The average molecular weight is 1260 g/mol. The molecule has 0 aliphatic heterocycles. The van der Waals surface area contributed by atoms with Gasteiger partial charge in [0.25, 0.3) is 0 Å². The Hall–Kier alpha value is -3.33. The highest BCUT2D eigenvalue weighted by atomic mass is 31.2. The van der Waals surface area contributed by atoms with E-state index in [-0.39, 0.29) is 38.6 Å². The fraction of sp³-hybridized carbons (Fsp3) is 0.747. The summed E-state index contributed by atoms with van der Waals surface area (Å²) in [5, 5.41) is 0. The molecule has 0 rings (SSSR count). The third-order valence-electron chi connectivity index (χ3n) is 16.1. The molecule has 0 aliphatic carbocycles. The van der Waals surface area contributed by atoms with Gasteiger partial charge >= 0.3 is 19.8 Å². The molecule has 0 radical (unpaired) electrons. The molecule has 2 atom stereocenters. The van der Waals surface area contributed by atoms with Gasteiger partial charge in [0, 0.05) is 19.4 Å². The van der Waals surface area contributed by atoms with Gasteiger partial charge in [0.1, 0.15) is 6.61 Å². The van der Waals surface area contributed by atoms with Crippen molar-refractivity contribution in [2.24, 2.45) is 5.73 Å². The van der Waals surface area contributed by atoms with Crippen LogP contribution in [0.5, 0.6) is 0 Å². The van der Waals surface area contributed by atoms with Crippen molar-refractivity contribution >= 4 is 19.8 Å².